The van der Waals surface area contributed by atoms with Gasteiger partial charge in [-0.2, -0.15) is 0 Å². The van der Waals surface area contributed by atoms with Crippen LogP contribution in [0.15, 0.2) is 0 Å². The first-order valence-electron chi connectivity index (χ1n) is 4.18. The van der Waals surface area contributed by atoms with E-state index in [1.807, 2.05) is 0 Å². The molecule has 8 heteroatoms. The zero-order valence-corrected chi connectivity index (χ0v) is 11.5. The molecule has 0 saturated carbocycles. The zero-order valence-electron chi connectivity index (χ0n) is 8.63. The molecule has 2 atom stereocenters. The molecule has 15 heavy (non-hydrogen) atoms. The van der Waals surface area contributed by atoms with Crippen molar-refractivity contribution in [2.75, 3.05) is 19.0 Å². The van der Waals surface area contributed by atoms with Gasteiger partial charge in [-0.1, -0.05) is 11.8 Å². The summed E-state index contributed by atoms with van der Waals surface area (Å²) < 4.78 is 19.4. The van der Waals surface area contributed by atoms with Crippen LogP contribution >= 0.6 is 29.5 Å². The molecule has 0 fully saturated rings. The number of thioether (sulfide) groups is 1. The SMILES string of the molecule is CC(C)(COP)C(=O)SCCO[P+](=O)O. The van der Waals surface area contributed by atoms with E-state index in [9.17, 15) is 9.36 Å². The summed E-state index contributed by atoms with van der Waals surface area (Å²) in [6.07, 6.45) is 0. The third-order valence-corrected chi connectivity index (χ3v) is 3.27. The number of hydrogen-bond acceptors (Lipinski definition) is 5. The lowest BCUT2D eigenvalue weighted by molar-refractivity contribution is -0.119. The second-order valence-corrected chi connectivity index (χ2v) is 5.54. The first-order chi connectivity index (χ1) is 6.90. The fourth-order valence-electron chi connectivity index (χ4n) is 0.712. The van der Waals surface area contributed by atoms with E-state index in [-0.39, 0.29) is 11.7 Å². The quantitative estimate of drug-likeness (QED) is 0.562. The molecule has 0 rings (SSSR count). The fourth-order valence-corrected chi connectivity index (χ4v) is 2.30. The number of carbonyl (C=O) groups excluding carboxylic acids is 1. The van der Waals surface area contributed by atoms with Crippen LogP contribution in [0.5, 0.6) is 0 Å². The maximum absolute atomic E-state index is 11.6. The molecule has 0 aliphatic rings. The summed E-state index contributed by atoms with van der Waals surface area (Å²) in [4.78, 5) is 19.9. The Kier molecular flexibility index (Phi) is 7.88. The van der Waals surface area contributed by atoms with Crippen molar-refractivity contribution in [1.29, 1.82) is 0 Å². The van der Waals surface area contributed by atoms with Gasteiger partial charge in [-0.05, 0) is 13.8 Å². The third-order valence-electron chi connectivity index (χ3n) is 1.51. The van der Waals surface area contributed by atoms with E-state index >= 15 is 0 Å². The number of hydrogen-bond donors (Lipinski definition) is 1. The minimum atomic E-state index is -2.57. The lowest BCUT2D eigenvalue weighted by atomic mass is 9.97. The first-order valence-corrected chi connectivity index (χ1v) is 6.77. The van der Waals surface area contributed by atoms with Crippen molar-refractivity contribution in [3.63, 3.8) is 0 Å². The van der Waals surface area contributed by atoms with Gasteiger partial charge >= 0.3 is 8.25 Å². The van der Waals surface area contributed by atoms with Crippen molar-refractivity contribution in [3.05, 3.63) is 0 Å². The molecule has 0 aliphatic heterocycles. The highest BCUT2D eigenvalue weighted by Crippen LogP contribution is 2.25. The van der Waals surface area contributed by atoms with Gasteiger partial charge in [0.05, 0.1) is 12.0 Å². The van der Waals surface area contributed by atoms with Gasteiger partial charge < -0.3 is 4.52 Å². The highest BCUT2D eigenvalue weighted by atomic mass is 32.2. The number of rotatable bonds is 7. The standard InChI is InChI=1S/C7H14O5P2S/c1-7(2,5-11-13)6(8)15-4-3-12-14(9)10/h3-5,13H2,1-2H3/p+1. The molecule has 0 radical (unpaired) electrons. The maximum Gasteiger partial charge on any atom is 0.694 e. The summed E-state index contributed by atoms with van der Waals surface area (Å²) in [5, 5.41) is -0.0262. The molecular formula is C7H15O5P2S+. The summed E-state index contributed by atoms with van der Waals surface area (Å²) in [5.74, 6) is 0.362. The predicted octanol–water partition coefficient (Wildman–Crippen LogP) is 1.75. The molecule has 1 N–H and O–H groups in total. The van der Waals surface area contributed by atoms with E-state index in [1.54, 1.807) is 13.8 Å². The molecule has 0 aliphatic carbocycles. The van der Waals surface area contributed by atoms with E-state index in [4.69, 9.17) is 9.42 Å². The van der Waals surface area contributed by atoms with Crippen molar-refractivity contribution >= 4 is 34.6 Å². The van der Waals surface area contributed by atoms with Gasteiger partial charge in [-0.25, -0.2) is 0 Å². The van der Waals surface area contributed by atoms with Gasteiger partial charge in [0.25, 0.3) is 0 Å². The second-order valence-electron chi connectivity index (χ2n) is 3.40. The summed E-state index contributed by atoms with van der Waals surface area (Å²) in [5.41, 5.74) is -0.562. The van der Waals surface area contributed by atoms with E-state index in [0.717, 1.165) is 11.8 Å². The third kappa shape index (κ3) is 7.34. The van der Waals surface area contributed by atoms with E-state index in [1.165, 1.54) is 0 Å². The molecule has 0 aromatic rings. The molecule has 0 aromatic heterocycles. The summed E-state index contributed by atoms with van der Waals surface area (Å²) in [7, 11) is -0.470. The van der Waals surface area contributed by atoms with Crippen LogP contribution in [0, 0.1) is 5.41 Å². The molecule has 0 spiro atoms. The molecule has 0 bridgehead atoms. The van der Waals surface area contributed by atoms with Gasteiger partial charge in [0.1, 0.15) is 6.61 Å². The fraction of sp³-hybridized carbons (Fsp3) is 0.857. The Morgan fingerprint density at radius 2 is 2.20 bits per heavy atom. The Labute approximate surface area is 96.5 Å². The van der Waals surface area contributed by atoms with Gasteiger partial charge in [0, 0.05) is 19.8 Å². The summed E-state index contributed by atoms with van der Waals surface area (Å²) >= 11 is 1.07. The Bertz CT molecular complexity index is 233. The van der Waals surface area contributed by atoms with Crippen molar-refractivity contribution in [2.45, 2.75) is 13.8 Å². The van der Waals surface area contributed by atoms with Crippen LogP contribution in [0.25, 0.3) is 0 Å². The van der Waals surface area contributed by atoms with Gasteiger partial charge in [-0.3, -0.25) is 4.79 Å². The topological polar surface area (TPSA) is 72.8 Å². The Hall–Kier alpha value is 0.430. The Balaban J connectivity index is 3.78. The average Bonchev–Trinajstić information content (AvgIpc) is 2.11. The summed E-state index contributed by atoms with van der Waals surface area (Å²) in [6.45, 7) is 3.96. The van der Waals surface area contributed by atoms with E-state index < -0.39 is 13.7 Å². The van der Waals surface area contributed by atoms with Crippen LogP contribution in [0.1, 0.15) is 13.8 Å². The van der Waals surface area contributed by atoms with Crippen molar-refractivity contribution in [1.82, 2.24) is 0 Å². The zero-order chi connectivity index (χ0) is 11.9. The van der Waals surface area contributed by atoms with E-state index in [0.29, 0.717) is 12.4 Å². The van der Waals surface area contributed by atoms with E-state index in [2.05, 4.69) is 14.0 Å². The molecule has 0 heterocycles. The minimum Gasteiger partial charge on any atom is -0.365 e. The highest BCUT2D eigenvalue weighted by Gasteiger charge is 2.28. The van der Waals surface area contributed by atoms with Crippen molar-refractivity contribution in [2.24, 2.45) is 5.41 Å². The van der Waals surface area contributed by atoms with Crippen LogP contribution in [-0.2, 0) is 18.4 Å². The monoisotopic (exact) mass is 273 g/mol. The van der Waals surface area contributed by atoms with Gasteiger partial charge in [0.2, 0.25) is 0 Å². The predicted molar refractivity (Wildman–Crippen MR) is 62.7 cm³/mol. The molecule has 0 aromatic carbocycles. The average molecular weight is 273 g/mol. The Morgan fingerprint density at radius 3 is 2.67 bits per heavy atom. The molecule has 2 unspecified atom stereocenters. The Morgan fingerprint density at radius 1 is 1.60 bits per heavy atom. The van der Waals surface area contributed by atoms with Crippen LogP contribution < -0.4 is 0 Å². The van der Waals surface area contributed by atoms with Gasteiger partial charge in [0.15, 0.2) is 5.12 Å². The largest absolute Gasteiger partial charge is 0.694 e. The molecular weight excluding hydrogens is 258 g/mol. The number of carbonyl (C=O) groups is 1. The molecule has 88 valence electrons. The van der Waals surface area contributed by atoms with Crippen molar-refractivity contribution in [3.8, 4) is 0 Å². The molecule has 0 amide bonds. The molecule has 5 nitrogen and oxygen atoms in total. The van der Waals surface area contributed by atoms with Crippen molar-refractivity contribution < 1.29 is 23.3 Å². The smallest absolute Gasteiger partial charge is 0.365 e. The minimum absolute atomic E-state index is 0.0262. The first kappa shape index (κ1) is 15.4. The van der Waals surface area contributed by atoms with Gasteiger partial charge in [-0.15, -0.1) is 9.42 Å². The summed E-state index contributed by atoms with van der Waals surface area (Å²) in [6, 6.07) is 0. The normalized spacial score (nSPS) is 12.7. The van der Waals surface area contributed by atoms with Crippen LogP contribution in [0.2, 0.25) is 0 Å². The maximum atomic E-state index is 11.6. The lowest BCUT2D eigenvalue weighted by Gasteiger charge is -2.20. The van der Waals surface area contributed by atoms with Crippen LogP contribution in [0.3, 0.4) is 0 Å². The lowest BCUT2D eigenvalue weighted by Crippen LogP contribution is -2.26. The van der Waals surface area contributed by atoms with Crippen LogP contribution in [-0.4, -0.2) is 29.0 Å². The second kappa shape index (κ2) is 7.66. The molecule has 0 saturated heterocycles. The highest BCUT2D eigenvalue weighted by molar-refractivity contribution is 8.13. The van der Waals surface area contributed by atoms with Crippen LogP contribution in [0.4, 0.5) is 0 Å².